The first-order valence-corrected chi connectivity index (χ1v) is 7.74. The lowest BCUT2D eigenvalue weighted by Gasteiger charge is -2.43. The molecule has 1 aromatic rings. The van der Waals surface area contributed by atoms with Gasteiger partial charge in [0.2, 0.25) is 0 Å². The van der Waals surface area contributed by atoms with Gasteiger partial charge in [0.25, 0.3) is 5.91 Å². The molecule has 1 aromatic carbocycles. The summed E-state index contributed by atoms with van der Waals surface area (Å²) < 4.78 is 11.6. The van der Waals surface area contributed by atoms with Crippen LogP contribution in [-0.2, 0) is 9.47 Å². The number of benzene rings is 1. The van der Waals surface area contributed by atoms with Gasteiger partial charge >= 0.3 is 0 Å². The quantitative estimate of drug-likeness (QED) is 0.798. The number of carbonyl (C=O) groups is 1. The molecule has 0 radical (unpaired) electrons. The Morgan fingerprint density at radius 3 is 2.38 bits per heavy atom. The van der Waals surface area contributed by atoms with Crippen molar-refractivity contribution in [2.45, 2.75) is 38.9 Å². The van der Waals surface area contributed by atoms with E-state index in [9.17, 15) is 4.79 Å². The van der Waals surface area contributed by atoms with Gasteiger partial charge in [0.05, 0.1) is 13.2 Å². The third-order valence-electron chi connectivity index (χ3n) is 4.59. The van der Waals surface area contributed by atoms with E-state index in [-0.39, 0.29) is 5.91 Å². The van der Waals surface area contributed by atoms with Crippen LogP contribution in [0.15, 0.2) is 18.2 Å². The smallest absolute Gasteiger partial charge is 0.253 e. The SMILES string of the molecule is Cc1ccc(C(=O)N2CCC3(CC2)OCCCO3)cc1C. The number of aryl methyl sites for hydroxylation is 2. The highest BCUT2D eigenvalue weighted by Gasteiger charge is 2.39. The maximum absolute atomic E-state index is 12.6. The summed E-state index contributed by atoms with van der Waals surface area (Å²) in [6.07, 6.45) is 2.50. The van der Waals surface area contributed by atoms with Gasteiger partial charge in [0.1, 0.15) is 0 Å². The lowest BCUT2D eigenvalue weighted by atomic mass is 10.0. The number of hydrogen-bond donors (Lipinski definition) is 0. The Morgan fingerprint density at radius 1 is 1.10 bits per heavy atom. The van der Waals surface area contributed by atoms with E-state index in [1.807, 2.05) is 30.0 Å². The zero-order valence-electron chi connectivity index (χ0n) is 12.9. The van der Waals surface area contributed by atoms with Crippen molar-refractivity contribution >= 4 is 5.91 Å². The standard InChI is InChI=1S/C17H23NO3/c1-13-4-5-15(12-14(13)2)16(19)18-8-6-17(7-9-18)20-10-3-11-21-17/h4-5,12H,3,6-11H2,1-2H3. The minimum atomic E-state index is -0.432. The number of rotatable bonds is 1. The molecular formula is C17H23NO3. The van der Waals surface area contributed by atoms with E-state index in [0.717, 1.165) is 43.6 Å². The van der Waals surface area contributed by atoms with Crippen LogP contribution in [0.25, 0.3) is 0 Å². The van der Waals surface area contributed by atoms with E-state index in [4.69, 9.17) is 9.47 Å². The Hall–Kier alpha value is -1.39. The van der Waals surface area contributed by atoms with Crippen LogP contribution in [0.4, 0.5) is 0 Å². The van der Waals surface area contributed by atoms with Crippen molar-refractivity contribution < 1.29 is 14.3 Å². The minimum absolute atomic E-state index is 0.115. The lowest BCUT2D eigenvalue weighted by Crippen LogP contribution is -2.51. The molecule has 0 saturated carbocycles. The molecule has 4 heteroatoms. The van der Waals surface area contributed by atoms with Gasteiger partial charge in [0, 0.05) is 31.5 Å². The van der Waals surface area contributed by atoms with Crippen molar-refractivity contribution in [3.8, 4) is 0 Å². The summed E-state index contributed by atoms with van der Waals surface area (Å²) >= 11 is 0. The lowest BCUT2D eigenvalue weighted by molar-refractivity contribution is -0.281. The summed E-state index contributed by atoms with van der Waals surface area (Å²) in [5, 5.41) is 0. The Labute approximate surface area is 126 Å². The molecule has 2 heterocycles. The summed E-state index contributed by atoms with van der Waals surface area (Å²) in [6, 6.07) is 5.92. The molecule has 0 aliphatic carbocycles. The minimum Gasteiger partial charge on any atom is -0.350 e. The highest BCUT2D eigenvalue weighted by atomic mass is 16.7. The van der Waals surface area contributed by atoms with E-state index >= 15 is 0 Å². The zero-order chi connectivity index (χ0) is 14.9. The maximum atomic E-state index is 12.6. The van der Waals surface area contributed by atoms with Crippen LogP contribution < -0.4 is 0 Å². The predicted octanol–water partition coefficient (Wildman–Crippen LogP) is 2.67. The second kappa shape index (κ2) is 5.78. The molecule has 1 spiro atoms. The Kier molecular flexibility index (Phi) is 4.00. The predicted molar refractivity (Wildman–Crippen MR) is 80.3 cm³/mol. The van der Waals surface area contributed by atoms with Gasteiger partial charge in [-0.05, 0) is 43.5 Å². The van der Waals surface area contributed by atoms with E-state index in [2.05, 4.69) is 6.92 Å². The average molecular weight is 289 g/mol. The molecule has 2 fully saturated rings. The van der Waals surface area contributed by atoms with Crippen molar-refractivity contribution in [3.63, 3.8) is 0 Å². The number of likely N-dealkylation sites (tertiary alicyclic amines) is 1. The fourth-order valence-electron chi connectivity index (χ4n) is 3.01. The number of nitrogens with zero attached hydrogens (tertiary/aromatic N) is 1. The van der Waals surface area contributed by atoms with Gasteiger partial charge in [-0.2, -0.15) is 0 Å². The normalized spacial score (nSPS) is 21.5. The highest BCUT2D eigenvalue weighted by molar-refractivity contribution is 5.94. The summed E-state index contributed by atoms with van der Waals surface area (Å²) in [5.41, 5.74) is 3.15. The van der Waals surface area contributed by atoms with Crippen molar-refractivity contribution in [1.29, 1.82) is 0 Å². The molecule has 2 aliphatic rings. The van der Waals surface area contributed by atoms with Crippen LogP contribution in [0.3, 0.4) is 0 Å². The van der Waals surface area contributed by atoms with E-state index in [1.54, 1.807) is 0 Å². The van der Waals surface area contributed by atoms with E-state index < -0.39 is 5.79 Å². The molecule has 0 atom stereocenters. The fraction of sp³-hybridized carbons (Fsp3) is 0.588. The second-order valence-electron chi connectivity index (χ2n) is 6.05. The second-order valence-corrected chi connectivity index (χ2v) is 6.05. The molecule has 2 aliphatic heterocycles. The number of piperidine rings is 1. The van der Waals surface area contributed by atoms with Crippen molar-refractivity contribution in [1.82, 2.24) is 4.90 Å². The Morgan fingerprint density at radius 2 is 1.76 bits per heavy atom. The van der Waals surface area contributed by atoms with Gasteiger partial charge in [-0.15, -0.1) is 0 Å². The summed E-state index contributed by atoms with van der Waals surface area (Å²) in [7, 11) is 0. The topological polar surface area (TPSA) is 38.8 Å². The first-order chi connectivity index (χ1) is 10.1. The number of hydrogen-bond acceptors (Lipinski definition) is 3. The van der Waals surface area contributed by atoms with E-state index in [1.165, 1.54) is 5.56 Å². The van der Waals surface area contributed by atoms with Crippen molar-refractivity contribution in [2.24, 2.45) is 0 Å². The van der Waals surface area contributed by atoms with Crippen LogP contribution >= 0.6 is 0 Å². The number of carbonyl (C=O) groups excluding carboxylic acids is 1. The van der Waals surface area contributed by atoms with Crippen molar-refractivity contribution in [3.05, 3.63) is 34.9 Å². The van der Waals surface area contributed by atoms with E-state index in [0.29, 0.717) is 13.1 Å². The monoisotopic (exact) mass is 289 g/mol. The van der Waals surface area contributed by atoms with Crippen LogP contribution in [0, 0.1) is 13.8 Å². The van der Waals surface area contributed by atoms with Gasteiger partial charge in [-0.1, -0.05) is 6.07 Å². The van der Waals surface area contributed by atoms with Crippen LogP contribution in [-0.4, -0.2) is 42.9 Å². The molecule has 0 aromatic heterocycles. The highest BCUT2D eigenvalue weighted by Crippen LogP contribution is 2.31. The summed E-state index contributed by atoms with van der Waals surface area (Å²) in [5.74, 6) is -0.318. The Bertz CT molecular complexity index is 525. The molecule has 1 amide bonds. The van der Waals surface area contributed by atoms with Crippen LogP contribution in [0.5, 0.6) is 0 Å². The number of ether oxygens (including phenoxy) is 2. The summed E-state index contributed by atoms with van der Waals surface area (Å²) in [6.45, 7) is 7.04. The zero-order valence-corrected chi connectivity index (χ0v) is 12.9. The van der Waals surface area contributed by atoms with Gasteiger partial charge < -0.3 is 14.4 Å². The third kappa shape index (κ3) is 2.97. The summed E-state index contributed by atoms with van der Waals surface area (Å²) in [4.78, 5) is 14.5. The molecule has 21 heavy (non-hydrogen) atoms. The molecule has 2 saturated heterocycles. The largest absolute Gasteiger partial charge is 0.350 e. The Balaban J connectivity index is 1.65. The molecule has 3 rings (SSSR count). The van der Waals surface area contributed by atoms with Crippen LogP contribution in [0.2, 0.25) is 0 Å². The molecule has 4 nitrogen and oxygen atoms in total. The van der Waals surface area contributed by atoms with Gasteiger partial charge in [-0.3, -0.25) is 4.79 Å². The van der Waals surface area contributed by atoms with Gasteiger partial charge in [-0.25, -0.2) is 0 Å². The first-order valence-electron chi connectivity index (χ1n) is 7.74. The number of amides is 1. The molecule has 114 valence electrons. The van der Waals surface area contributed by atoms with Crippen LogP contribution in [0.1, 0.15) is 40.7 Å². The molecule has 0 unspecified atom stereocenters. The molecular weight excluding hydrogens is 266 g/mol. The average Bonchev–Trinajstić information content (AvgIpc) is 2.51. The first kappa shape index (κ1) is 14.5. The van der Waals surface area contributed by atoms with Gasteiger partial charge in [0.15, 0.2) is 5.79 Å². The molecule has 0 N–H and O–H groups in total. The maximum Gasteiger partial charge on any atom is 0.253 e. The molecule has 0 bridgehead atoms. The fourth-order valence-corrected chi connectivity index (χ4v) is 3.01. The van der Waals surface area contributed by atoms with Crippen molar-refractivity contribution in [2.75, 3.05) is 26.3 Å². The third-order valence-corrected chi connectivity index (χ3v) is 4.59.